The van der Waals surface area contributed by atoms with Gasteiger partial charge < -0.3 is 10.1 Å². The van der Waals surface area contributed by atoms with Gasteiger partial charge in [-0.2, -0.15) is 0 Å². The van der Waals surface area contributed by atoms with Crippen molar-refractivity contribution >= 4 is 45.2 Å². The molecule has 0 radical (unpaired) electrons. The molecular weight excluding hydrogens is 468 g/mol. The quantitative estimate of drug-likeness (QED) is 0.565. The average Bonchev–Trinajstić information content (AvgIpc) is 3.23. The Morgan fingerprint density at radius 1 is 1.30 bits per heavy atom. The molecule has 0 aliphatic heterocycles. The second-order valence-electron chi connectivity index (χ2n) is 6.99. The van der Waals surface area contributed by atoms with Gasteiger partial charge in [-0.25, -0.2) is 14.8 Å². The predicted octanol–water partition coefficient (Wildman–Crippen LogP) is 4.51. The first-order valence-corrected chi connectivity index (χ1v) is 11.1. The maximum Gasteiger partial charge on any atom is 0.420 e. The van der Waals surface area contributed by atoms with Gasteiger partial charge in [-0.1, -0.05) is 15.9 Å². The van der Waals surface area contributed by atoms with Crippen LogP contribution in [-0.4, -0.2) is 28.0 Å². The summed E-state index contributed by atoms with van der Waals surface area (Å²) in [5, 5.41) is 7.98. The summed E-state index contributed by atoms with van der Waals surface area (Å²) < 4.78 is 6.14. The van der Waals surface area contributed by atoms with E-state index in [-0.39, 0.29) is 17.9 Å². The van der Waals surface area contributed by atoms with E-state index in [0.717, 1.165) is 27.7 Å². The number of hydrogen-bond donors (Lipinski definition) is 2. The van der Waals surface area contributed by atoms with Gasteiger partial charge in [0.2, 0.25) is 5.95 Å². The maximum atomic E-state index is 12.6. The number of nitrogens with zero attached hydrogens (tertiary/aromatic N) is 2. The van der Waals surface area contributed by atoms with Crippen molar-refractivity contribution in [1.82, 2.24) is 15.3 Å². The highest BCUT2D eigenvalue weighted by Crippen LogP contribution is 2.22. The van der Waals surface area contributed by atoms with Gasteiger partial charge in [0, 0.05) is 28.0 Å². The lowest BCUT2D eigenvalue weighted by Crippen LogP contribution is -2.39. The lowest BCUT2D eigenvalue weighted by atomic mass is 9.92. The molecule has 7 nitrogen and oxygen atoms in total. The third-order valence-electron chi connectivity index (χ3n) is 4.81. The summed E-state index contributed by atoms with van der Waals surface area (Å²) in [5.74, 6) is 0.123. The van der Waals surface area contributed by atoms with E-state index in [1.807, 2.05) is 24.4 Å². The molecule has 9 heteroatoms. The SMILES string of the molecule is Cc1cc(C(=O)NC2CCc3nc(NC(=O)Oc4cccs4)ncc3C2)ccc1Br. The monoisotopic (exact) mass is 486 g/mol. The minimum atomic E-state index is -0.622. The Balaban J connectivity index is 1.36. The van der Waals surface area contributed by atoms with Crippen LogP contribution >= 0.6 is 27.3 Å². The van der Waals surface area contributed by atoms with Crippen LogP contribution in [0.1, 0.15) is 33.6 Å². The van der Waals surface area contributed by atoms with Gasteiger partial charge in [-0.3, -0.25) is 10.1 Å². The number of carbonyl (C=O) groups is 2. The summed E-state index contributed by atoms with van der Waals surface area (Å²) in [6, 6.07) is 9.08. The average molecular weight is 487 g/mol. The van der Waals surface area contributed by atoms with Crippen LogP contribution in [0, 0.1) is 6.92 Å². The van der Waals surface area contributed by atoms with Crippen molar-refractivity contribution in [3.63, 3.8) is 0 Å². The Kier molecular flexibility index (Phi) is 6.10. The largest absolute Gasteiger partial charge is 0.420 e. The maximum absolute atomic E-state index is 12.6. The van der Waals surface area contributed by atoms with Crippen LogP contribution in [0.4, 0.5) is 10.7 Å². The number of benzene rings is 1. The van der Waals surface area contributed by atoms with Gasteiger partial charge in [0.05, 0.1) is 0 Å². The van der Waals surface area contributed by atoms with Crippen molar-refractivity contribution in [3.8, 4) is 5.06 Å². The minimum absolute atomic E-state index is 0.0140. The standard InChI is InChI=1S/C21H19BrN4O3S/c1-12-9-13(4-6-16(12)22)19(27)24-15-5-7-17-14(10-15)11-23-20(25-17)26-21(28)29-18-3-2-8-30-18/h2-4,6,8-9,11,15H,5,7,10H2,1H3,(H,24,27)(H,23,25,26,28). The van der Waals surface area contributed by atoms with E-state index in [1.54, 1.807) is 24.4 Å². The highest BCUT2D eigenvalue weighted by Gasteiger charge is 2.23. The molecule has 1 aromatic carbocycles. The molecule has 0 saturated carbocycles. The summed E-state index contributed by atoms with van der Waals surface area (Å²) >= 11 is 4.78. The van der Waals surface area contributed by atoms with Gasteiger partial charge in [-0.05, 0) is 73.0 Å². The first kappa shape index (κ1) is 20.5. The van der Waals surface area contributed by atoms with Crippen molar-refractivity contribution in [2.45, 2.75) is 32.2 Å². The Bertz CT molecular complexity index is 1090. The second kappa shape index (κ2) is 8.93. The van der Waals surface area contributed by atoms with Crippen molar-refractivity contribution < 1.29 is 14.3 Å². The highest BCUT2D eigenvalue weighted by atomic mass is 79.9. The van der Waals surface area contributed by atoms with Gasteiger partial charge in [0.1, 0.15) is 0 Å². The molecule has 2 heterocycles. The molecule has 3 aromatic rings. The zero-order valence-electron chi connectivity index (χ0n) is 16.1. The van der Waals surface area contributed by atoms with Crippen molar-refractivity contribution in [2.75, 3.05) is 5.32 Å². The minimum Gasteiger partial charge on any atom is -0.399 e. The molecule has 30 heavy (non-hydrogen) atoms. The summed E-state index contributed by atoms with van der Waals surface area (Å²) in [6.07, 6.45) is 3.19. The summed E-state index contributed by atoms with van der Waals surface area (Å²) in [4.78, 5) is 33.2. The number of ether oxygens (including phenoxy) is 1. The van der Waals surface area contributed by atoms with Crippen molar-refractivity contribution in [1.29, 1.82) is 0 Å². The molecule has 154 valence electrons. The number of aromatic nitrogens is 2. The normalized spacial score (nSPS) is 15.2. The summed E-state index contributed by atoms with van der Waals surface area (Å²) in [7, 11) is 0. The molecule has 4 rings (SSSR count). The van der Waals surface area contributed by atoms with Crippen LogP contribution in [0.3, 0.4) is 0 Å². The number of hydrogen-bond acceptors (Lipinski definition) is 6. The van der Waals surface area contributed by atoms with Gasteiger partial charge in [0.25, 0.3) is 5.91 Å². The fourth-order valence-electron chi connectivity index (χ4n) is 3.28. The van der Waals surface area contributed by atoms with Gasteiger partial charge in [-0.15, -0.1) is 11.3 Å². The summed E-state index contributed by atoms with van der Waals surface area (Å²) in [6.45, 7) is 1.96. The van der Waals surface area contributed by atoms with E-state index in [4.69, 9.17) is 4.74 Å². The molecule has 1 unspecified atom stereocenters. The molecule has 2 aromatic heterocycles. The Labute approximate surface area is 186 Å². The number of amides is 2. The zero-order chi connectivity index (χ0) is 21.1. The third-order valence-corrected chi connectivity index (χ3v) is 6.44. The van der Waals surface area contributed by atoms with Crippen LogP contribution in [0.15, 0.2) is 46.4 Å². The molecule has 1 atom stereocenters. The molecule has 2 amide bonds. The van der Waals surface area contributed by atoms with Crippen molar-refractivity contribution in [2.24, 2.45) is 0 Å². The highest BCUT2D eigenvalue weighted by molar-refractivity contribution is 9.10. The fourth-order valence-corrected chi connectivity index (χ4v) is 4.09. The Morgan fingerprint density at radius 2 is 2.17 bits per heavy atom. The fraction of sp³-hybridized carbons (Fsp3) is 0.238. The molecular formula is C21H19BrN4O3S. The lowest BCUT2D eigenvalue weighted by Gasteiger charge is -2.25. The van der Waals surface area contributed by atoms with E-state index in [2.05, 4.69) is 36.5 Å². The van der Waals surface area contributed by atoms with E-state index >= 15 is 0 Å². The smallest absolute Gasteiger partial charge is 0.399 e. The number of anilines is 1. The molecule has 0 fully saturated rings. The number of carbonyl (C=O) groups excluding carboxylic acids is 2. The molecule has 1 aliphatic carbocycles. The first-order chi connectivity index (χ1) is 14.5. The number of rotatable bonds is 4. The van der Waals surface area contributed by atoms with Gasteiger partial charge >= 0.3 is 6.09 Å². The number of halogens is 1. The topological polar surface area (TPSA) is 93.2 Å². The number of aryl methyl sites for hydroxylation is 2. The molecule has 0 spiro atoms. The van der Waals surface area contributed by atoms with E-state index in [0.29, 0.717) is 23.5 Å². The number of thiophene rings is 1. The van der Waals surface area contributed by atoms with Crippen LogP contribution in [0.25, 0.3) is 0 Å². The first-order valence-electron chi connectivity index (χ1n) is 9.42. The second-order valence-corrected chi connectivity index (χ2v) is 8.75. The van der Waals surface area contributed by atoms with Crippen molar-refractivity contribution in [3.05, 3.63) is 68.8 Å². The third kappa shape index (κ3) is 4.85. The van der Waals surface area contributed by atoms with E-state index in [1.165, 1.54) is 11.3 Å². The van der Waals surface area contributed by atoms with Crippen LogP contribution in [0.2, 0.25) is 0 Å². The van der Waals surface area contributed by atoms with Crippen LogP contribution < -0.4 is 15.4 Å². The van der Waals surface area contributed by atoms with Crippen LogP contribution in [0.5, 0.6) is 5.06 Å². The Morgan fingerprint density at radius 3 is 2.93 bits per heavy atom. The molecule has 0 saturated heterocycles. The lowest BCUT2D eigenvalue weighted by molar-refractivity contribution is 0.0933. The molecule has 0 bridgehead atoms. The predicted molar refractivity (Wildman–Crippen MR) is 118 cm³/mol. The molecule has 2 N–H and O–H groups in total. The Hall–Kier alpha value is -2.78. The zero-order valence-corrected chi connectivity index (χ0v) is 18.5. The number of nitrogens with one attached hydrogen (secondary N) is 2. The van der Waals surface area contributed by atoms with Crippen LogP contribution in [-0.2, 0) is 12.8 Å². The van der Waals surface area contributed by atoms with E-state index in [9.17, 15) is 9.59 Å². The molecule has 1 aliphatic rings. The van der Waals surface area contributed by atoms with Gasteiger partial charge in [0.15, 0.2) is 5.06 Å². The number of fused-ring (bicyclic) bond motifs is 1. The summed E-state index contributed by atoms with van der Waals surface area (Å²) in [5.41, 5.74) is 3.50. The van der Waals surface area contributed by atoms with E-state index < -0.39 is 6.09 Å².